The molecule has 1 rings (SSSR count). The number of rotatable bonds is 1. The molecule has 0 aromatic heterocycles. The molecule has 1 nitrogen and oxygen atoms in total. The van der Waals surface area contributed by atoms with Crippen molar-refractivity contribution >= 4 is 0 Å². The minimum absolute atomic E-state index is 0.687. The van der Waals surface area contributed by atoms with Crippen molar-refractivity contribution in [3.63, 3.8) is 0 Å². The summed E-state index contributed by atoms with van der Waals surface area (Å²) in [5, 5.41) is 8.55. The Hall–Kier alpha value is -1.29. The average molecular weight is 144 g/mol. The third-order valence-electron chi connectivity index (χ3n) is 1.72. The molecule has 0 unspecified atom stereocenters. The van der Waals surface area contributed by atoms with E-state index in [4.69, 9.17) is 5.26 Å². The molecule has 0 aliphatic heterocycles. The first kappa shape index (κ1) is 7.81. The second kappa shape index (κ2) is 3.21. The smallest absolute Gasteiger partial charge is 0.0991 e. The monoisotopic (exact) mass is 144 g/mol. The van der Waals surface area contributed by atoms with Crippen LogP contribution in [0.25, 0.3) is 0 Å². The molecule has 0 bridgehead atoms. The first-order chi connectivity index (χ1) is 5.27. The fourth-order valence-electron chi connectivity index (χ4n) is 1.04. The summed E-state index contributed by atoms with van der Waals surface area (Å²) in [6, 6.07) is 7.68. The summed E-state index contributed by atoms with van der Waals surface area (Å²) in [5.41, 5.74) is 2.86. The van der Waals surface area contributed by atoms with Crippen LogP contribution in [-0.2, 0) is 6.42 Å². The Kier molecular flexibility index (Phi) is 2.28. The summed E-state index contributed by atoms with van der Waals surface area (Å²) in [6.45, 7) is 5.93. The van der Waals surface area contributed by atoms with Crippen LogP contribution in [0.1, 0.15) is 23.6 Å². The lowest BCUT2D eigenvalue weighted by atomic mass is 10.0. The SMILES string of the molecule is [CH2]c1cc(C#N)ccc1CC. The summed E-state index contributed by atoms with van der Waals surface area (Å²) < 4.78 is 0. The quantitative estimate of drug-likeness (QED) is 0.593. The minimum atomic E-state index is 0.687. The molecule has 0 N–H and O–H groups in total. The second-order valence-corrected chi connectivity index (χ2v) is 2.45. The van der Waals surface area contributed by atoms with Gasteiger partial charge in [0.05, 0.1) is 11.6 Å². The first-order valence-corrected chi connectivity index (χ1v) is 3.63. The zero-order valence-electron chi connectivity index (χ0n) is 6.59. The highest BCUT2D eigenvalue weighted by molar-refractivity contribution is 5.39. The van der Waals surface area contributed by atoms with Crippen molar-refractivity contribution < 1.29 is 0 Å². The first-order valence-electron chi connectivity index (χ1n) is 3.63. The molecule has 0 heterocycles. The molecule has 0 spiro atoms. The molecule has 0 saturated heterocycles. The Labute approximate surface area is 67.3 Å². The summed E-state index contributed by atoms with van der Waals surface area (Å²) in [4.78, 5) is 0. The lowest BCUT2D eigenvalue weighted by Crippen LogP contribution is -1.86. The number of aryl methyl sites for hydroxylation is 1. The molecule has 0 saturated carbocycles. The lowest BCUT2D eigenvalue weighted by molar-refractivity contribution is 1.12. The molecular formula is C10H10N. The maximum absolute atomic E-state index is 8.55. The van der Waals surface area contributed by atoms with E-state index < -0.39 is 0 Å². The Bertz CT molecular complexity index is 294. The van der Waals surface area contributed by atoms with Crippen molar-refractivity contribution in [1.29, 1.82) is 5.26 Å². The fraction of sp³-hybridized carbons (Fsp3) is 0.200. The summed E-state index contributed by atoms with van der Waals surface area (Å²) in [6.07, 6.45) is 0.977. The topological polar surface area (TPSA) is 23.8 Å². The van der Waals surface area contributed by atoms with E-state index in [1.165, 1.54) is 5.56 Å². The summed E-state index contributed by atoms with van der Waals surface area (Å²) in [7, 11) is 0. The fourth-order valence-corrected chi connectivity index (χ4v) is 1.04. The molecule has 1 aromatic rings. The van der Waals surface area contributed by atoms with Gasteiger partial charge in [0.2, 0.25) is 0 Å². The Morgan fingerprint density at radius 2 is 2.27 bits per heavy atom. The van der Waals surface area contributed by atoms with Crippen LogP contribution < -0.4 is 0 Å². The van der Waals surface area contributed by atoms with Crippen LogP contribution in [0.2, 0.25) is 0 Å². The number of nitriles is 1. The van der Waals surface area contributed by atoms with Gasteiger partial charge in [-0.3, -0.25) is 0 Å². The normalized spacial score (nSPS) is 9.18. The van der Waals surface area contributed by atoms with Crippen molar-refractivity contribution in [3.8, 4) is 6.07 Å². The van der Waals surface area contributed by atoms with Crippen LogP contribution in [0, 0.1) is 18.3 Å². The number of hydrogen-bond donors (Lipinski definition) is 0. The second-order valence-electron chi connectivity index (χ2n) is 2.45. The Morgan fingerprint density at radius 1 is 1.55 bits per heavy atom. The van der Waals surface area contributed by atoms with Gasteiger partial charge in [0.15, 0.2) is 0 Å². The van der Waals surface area contributed by atoms with E-state index in [0.29, 0.717) is 5.56 Å². The van der Waals surface area contributed by atoms with Gasteiger partial charge in [-0.2, -0.15) is 5.26 Å². The van der Waals surface area contributed by atoms with Crippen molar-refractivity contribution in [2.45, 2.75) is 13.3 Å². The number of hydrogen-bond acceptors (Lipinski definition) is 1. The van der Waals surface area contributed by atoms with Crippen LogP contribution >= 0.6 is 0 Å². The molecule has 0 atom stereocenters. The Balaban J connectivity index is 3.12. The van der Waals surface area contributed by atoms with Gasteiger partial charge in [0.1, 0.15) is 0 Å². The molecule has 0 aliphatic carbocycles. The zero-order chi connectivity index (χ0) is 8.27. The van der Waals surface area contributed by atoms with Crippen molar-refractivity contribution in [2.75, 3.05) is 0 Å². The van der Waals surface area contributed by atoms with Gasteiger partial charge in [0, 0.05) is 0 Å². The molecule has 0 fully saturated rings. The van der Waals surface area contributed by atoms with E-state index in [1.807, 2.05) is 18.2 Å². The van der Waals surface area contributed by atoms with E-state index in [1.54, 1.807) is 0 Å². The maximum Gasteiger partial charge on any atom is 0.0991 e. The predicted molar refractivity (Wildman–Crippen MR) is 45.0 cm³/mol. The van der Waals surface area contributed by atoms with Crippen molar-refractivity contribution in [1.82, 2.24) is 0 Å². The highest BCUT2D eigenvalue weighted by Gasteiger charge is 1.96. The third kappa shape index (κ3) is 1.59. The van der Waals surface area contributed by atoms with Crippen LogP contribution in [0.5, 0.6) is 0 Å². The standard InChI is InChI=1S/C10H10N/c1-3-10-5-4-9(7-11)6-8(10)2/h4-6H,2-3H2,1H3. The average Bonchev–Trinajstić information content (AvgIpc) is 2.04. The third-order valence-corrected chi connectivity index (χ3v) is 1.72. The van der Waals surface area contributed by atoms with Crippen LogP contribution in [0.3, 0.4) is 0 Å². The van der Waals surface area contributed by atoms with Crippen LogP contribution in [0.15, 0.2) is 18.2 Å². The highest BCUT2D eigenvalue weighted by Crippen LogP contribution is 2.10. The maximum atomic E-state index is 8.55. The van der Waals surface area contributed by atoms with Gasteiger partial charge in [-0.05, 0) is 36.6 Å². The molecule has 0 aliphatic rings. The summed E-state index contributed by atoms with van der Waals surface area (Å²) in [5.74, 6) is 0. The van der Waals surface area contributed by atoms with E-state index in [0.717, 1.165) is 12.0 Å². The van der Waals surface area contributed by atoms with Gasteiger partial charge < -0.3 is 0 Å². The van der Waals surface area contributed by atoms with E-state index >= 15 is 0 Å². The molecule has 55 valence electrons. The molecule has 1 heteroatoms. The molecule has 0 amide bonds. The molecule has 11 heavy (non-hydrogen) atoms. The van der Waals surface area contributed by atoms with Gasteiger partial charge in [-0.25, -0.2) is 0 Å². The van der Waals surface area contributed by atoms with Crippen molar-refractivity contribution in [2.24, 2.45) is 0 Å². The van der Waals surface area contributed by atoms with Gasteiger partial charge in [-0.15, -0.1) is 0 Å². The van der Waals surface area contributed by atoms with E-state index in [-0.39, 0.29) is 0 Å². The zero-order valence-corrected chi connectivity index (χ0v) is 6.59. The largest absolute Gasteiger partial charge is 0.192 e. The predicted octanol–water partition coefficient (Wildman–Crippen LogP) is 2.30. The van der Waals surface area contributed by atoms with Crippen molar-refractivity contribution in [3.05, 3.63) is 41.8 Å². The van der Waals surface area contributed by atoms with E-state index in [2.05, 4.69) is 19.9 Å². The molecule has 1 radical (unpaired) electrons. The van der Waals surface area contributed by atoms with Crippen LogP contribution in [-0.4, -0.2) is 0 Å². The Morgan fingerprint density at radius 3 is 2.73 bits per heavy atom. The molecule has 1 aromatic carbocycles. The van der Waals surface area contributed by atoms with E-state index in [9.17, 15) is 0 Å². The highest BCUT2D eigenvalue weighted by atomic mass is 14.2. The van der Waals surface area contributed by atoms with Gasteiger partial charge in [-0.1, -0.05) is 13.0 Å². The summed E-state index contributed by atoms with van der Waals surface area (Å²) >= 11 is 0. The number of nitrogens with zero attached hydrogens (tertiary/aromatic N) is 1. The molecular weight excluding hydrogens is 134 g/mol. The lowest BCUT2D eigenvalue weighted by Gasteiger charge is -2.00. The minimum Gasteiger partial charge on any atom is -0.192 e. The van der Waals surface area contributed by atoms with Crippen LogP contribution in [0.4, 0.5) is 0 Å². The van der Waals surface area contributed by atoms with Gasteiger partial charge in [0.25, 0.3) is 0 Å². The van der Waals surface area contributed by atoms with Gasteiger partial charge >= 0.3 is 0 Å². The number of benzene rings is 1.